The van der Waals surface area contributed by atoms with Crippen LogP contribution < -0.4 is 10.1 Å². The molecule has 5 heteroatoms. The molecular weight excluding hydrogens is 376 g/mol. The Morgan fingerprint density at radius 3 is 2.27 bits per heavy atom. The molecule has 2 aliphatic rings. The smallest absolute Gasteiger partial charge is 0.407 e. The van der Waals surface area contributed by atoms with E-state index in [2.05, 4.69) is 34.5 Å². The lowest BCUT2D eigenvalue weighted by atomic mass is 9.89. The second kappa shape index (κ2) is 11.6. The van der Waals surface area contributed by atoms with Crippen LogP contribution in [0.5, 0.6) is 5.75 Å². The predicted octanol–water partition coefficient (Wildman–Crippen LogP) is 5.59. The summed E-state index contributed by atoms with van der Waals surface area (Å²) in [5.74, 6) is 2.27. The monoisotopic (exact) mass is 418 g/mol. The van der Waals surface area contributed by atoms with Crippen LogP contribution in [0.2, 0.25) is 0 Å². The lowest BCUT2D eigenvalue weighted by Gasteiger charge is -2.33. The molecule has 0 bridgehead atoms. The molecule has 0 aromatic heterocycles. The van der Waals surface area contributed by atoms with E-state index in [-0.39, 0.29) is 12.1 Å². The van der Waals surface area contributed by atoms with Crippen molar-refractivity contribution < 1.29 is 14.3 Å². The van der Waals surface area contributed by atoms with Gasteiger partial charge in [0.1, 0.15) is 11.4 Å². The predicted molar refractivity (Wildman–Crippen MR) is 123 cm³/mol. The molecule has 1 aromatic carbocycles. The number of carbonyl (C=O) groups excluding carboxylic acids is 1. The van der Waals surface area contributed by atoms with E-state index in [0.29, 0.717) is 11.8 Å². The van der Waals surface area contributed by atoms with Crippen LogP contribution in [-0.2, 0) is 4.74 Å². The largest absolute Gasteiger partial charge is 0.497 e. The summed E-state index contributed by atoms with van der Waals surface area (Å²) >= 11 is 0. The number of rotatable bonds is 5. The molecule has 1 saturated carbocycles. The second-order valence-electron chi connectivity index (χ2n) is 9.37. The number of nitrogens with zero attached hydrogens (tertiary/aromatic N) is 1. The first-order valence-corrected chi connectivity index (χ1v) is 11.7. The number of alkyl carbamates (subject to hydrolysis) is 1. The number of ether oxygens (including phenoxy) is 2. The van der Waals surface area contributed by atoms with Crippen molar-refractivity contribution in [1.29, 1.82) is 0 Å². The number of carbonyl (C=O) groups is 1. The molecule has 2 atom stereocenters. The van der Waals surface area contributed by atoms with Gasteiger partial charge >= 0.3 is 6.09 Å². The van der Waals surface area contributed by atoms with Crippen molar-refractivity contribution in [3.05, 3.63) is 29.8 Å². The van der Waals surface area contributed by atoms with Gasteiger partial charge in [0.25, 0.3) is 0 Å². The summed E-state index contributed by atoms with van der Waals surface area (Å²) < 4.78 is 10.6. The van der Waals surface area contributed by atoms with E-state index in [1.165, 1.54) is 24.8 Å². The van der Waals surface area contributed by atoms with Crippen LogP contribution in [-0.4, -0.2) is 49.4 Å². The molecule has 170 valence electrons. The SMILES string of the molecule is CC.COc1ccc(C2CCN(C[C@@H]3CC[C@H](NC(=O)OC(C)(C)C)C3)CC2)cc1. The summed E-state index contributed by atoms with van der Waals surface area (Å²) in [4.78, 5) is 14.6. The number of hydrogen-bond acceptors (Lipinski definition) is 4. The molecule has 1 aliphatic heterocycles. The van der Waals surface area contributed by atoms with E-state index in [1.807, 2.05) is 34.6 Å². The van der Waals surface area contributed by atoms with Gasteiger partial charge < -0.3 is 19.7 Å². The average molecular weight is 419 g/mol. The zero-order chi connectivity index (χ0) is 22.1. The van der Waals surface area contributed by atoms with Gasteiger partial charge in [0.15, 0.2) is 0 Å². The maximum absolute atomic E-state index is 12.0. The summed E-state index contributed by atoms with van der Waals surface area (Å²) in [7, 11) is 1.71. The highest BCUT2D eigenvalue weighted by atomic mass is 16.6. The number of hydrogen-bond donors (Lipinski definition) is 1. The van der Waals surface area contributed by atoms with Crippen molar-refractivity contribution in [3.63, 3.8) is 0 Å². The second-order valence-corrected chi connectivity index (χ2v) is 9.37. The summed E-state index contributed by atoms with van der Waals surface area (Å²) in [5, 5.41) is 3.05. The van der Waals surface area contributed by atoms with Gasteiger partial charge in [-0.05, 0) is 95.5 Å². The van der Waals surface area contributed by atoms with Gasteiger partial charge in [-0.25, -0.2) is 4.79 Å². The first-order chi connectivity index (χ1) is 14.3. The fourth-order valence-corrected chi connectivity index (χ4v) is 4.54. The topological polar surface area (TPSA) is 50.8 Å². The summed E-state index contributed by atoms with van der Waals surface area (Å²) in [6.07, 6.45) is 5.48. The van der Waals surface area contributed by atoms with Gasteiger partial charge in [-0.2, -0.15) is 0 Å². The maximum atomic E-state index is 12.0. The van der Waals surface area contributed by atoms with Crippen LogP contribution in [0.4, 0.5) is 4.79 Å². The maximum Gasteiger partial charge on any atom is 0.407 e. The molecule has 1 aliphatic carbocycles. The van der Waals surface area contributed by atoms with Crippen molar-refractivity contribution in [3.8, 4) is 5.75 Å². The Morgan fingerprint density at radius 1 is 1.07 bits per heavy atom. The first kappa shape index (κ1) is 24.5. The number of likely N-dealkylation sites (tertiary alicyclic amines) is 1. The van der Waals surface area contributed by atoms with Crippen LogP contribution in [0.3, 0.4) is 0 Å². The van der Waals surface area contributed by atoms with E-state index in [1.54, 1.807) is 7.11 Å². The lowest BCUT2D eigenvalue weighted by Crippen LogP contribution is -2.39. The van der Waals surface area contributed by atoms with Crippen LogP contribution in [0.25, 0.3) is 0 Å². The normalized spacial score (nSPS) is 22.7. The Labute approximate surface area is 183 Å². The molecule has 0 unspecified atom stereocenters. The molecule has 2 fully saturated rings. The fourth-order valence-electron chi connectivity index (χ4n) is 4.54. The highest BCUT2D eigenvalue weighted by Crippen LogP contribution is 2.32. The molecule has 0 spiro atoms. The highest BCUT2D eigenvalue weighted by molar-refractivity contribution is 5.68. The molecule has 1 saturated heterocycles. The Kier molecular flexibility index (Phi) is 9.47. The summed E-state index contributed by atoms with van der Waals surface area (Å²) in [6.45, 7) is 13.2. The van der Waals surface area contributed by atoms with Gasteiger partial charge in [0.2, 0.25) is 0 Å². The van der Waals surface area contributed by atoms with Crippen LogP contribution in [0, 0.1) is 5.92 Å². The van der Waals surface area contributed by atoms with Crippen molar-refractivity contribution >= 4 is 6.09 Å². The Morgan fingerprint density at radius 2 is 1.70 bits per heavy atom. The van der Waals surface area contributed by atoms with Gasteiger partial charge in [-0.1, -0.05) is 26.0 Å². The zero-order valence-electron chi connectivity index (χ0n) is 19.9. The molecule has 5 nitrogen and oxygen atoms in total. The molecule has 1 amide bonds. The number of benzene rings is 1. The van der Waals surface area contributed by atoms with E-state index in [0.717, 1.165) is 38.2 Å². The van der Waals surface area contributed by atoms with Gasteiger partial charge in [0, 0.05) is 12.6 Å². The third kappa shape index (κ3) is 7.82. The molecule has 30 heavy (non-hydrogen) atoms. The molecule has 3 rings (SSSR count). The van der Waals surface area contributed by atoms with E-state index < -0.39 is 5.60 Å². The molecule has 1 heterocycles. The Hall–Kier alpha value is -1.75. The van der Waals surface area contributed by atoms with Crippen molar-refractivity contribution in [2.75, 3.05) is 26.7 Å². The lowest BCUT2D eigenvalue weighted by molar-refractivity contribution is 0.0504. The number of piperidine rings is 1. The minimum absolute atomic E-state index is 0.261. The van der Waals surface area contributed by atoms with Crippen molar-refractivity contribution in [2.45, 2.75) is 84.3 Å². The quantitative estimate of drug-likeness (QED) is 0.677. The van der Waals surface area contributed by atoms with Crippen molar-refractivity contribution in [2.24, 2.45) is 5.92 Å². The minimum atomic E-state index is -0.434. The van der Waals surface area contributed by atoms with Crippen LogP contribution in [0.15, 0.2) is 24.3 Å². The number of nitrogens with one attached hydrogen (secondary N) is 1. The number of amides is 1. The highest BCUT2D eigenvalue weighted by Gasteiger charge is 2.30. The van der Waals surface area contributed by atoms with Gasteiger partial charge in [0.05, 0.1) is 7.11 Å². The average Bonchev–Trinajstić information content (AvgIpc) is 3.15. The molecule has 0 radical (unpaired) electrons. The summed E-state index contributed by atoms with van der Waals surface area (Å²) in [6, 6.07) is 8.82. The van der Waals surface area contributed by atoms with E-state index in [9.17, 15) is 4.79 Å². The third-order valence-corrected chi connectivity index (χ3v) is 5.95. The Balaban J connectivity index is 0.00000155. The van der Waals surface area contributed by atoms with E-state index >= 15 is 0 Å². The fraction of sp³-hybridized carbons (Fsp3) is 0.720. The third-order valence-electron chi connectivity index (χ3n) is 5.95. The zero-order valence-corrected chi connectivity index (χ0v) is 19.9. The molecule has 1 aromatic rings. The van der Waals surface area contributed by atoms with Crippen LogP contribution in [0.1, 0.15) is 78.2 Å². The van der Waals surface area contributed by atoms with Gasteiger partial charge in [-0.15, -0.1) is 0 Å². The standard InChI is InChI=1S/C23H36N2O3.C2H6/c1-23(2,3)28-22(26)24-20-8-5-17(15-20)16-25-13-11-19(12-14-25)18-6-9-21(27-4)10-7-18;1-2/h6-7,9-10,17,19-20H,5,8,11-16H2,1-4H3,(H,24,26);1-2H3/t17-,20+;/m1./s1. The van der Waals surface area contributed by atoms with Gasteiger partial charge in [-0.3, -0.25) is 0 Å². The van der Waals surface area contributed by atoms with Crippen molar-refractivity contribution in [1.82, 2.24) is 10.2 Å². The van der Waals surface area contributed by atoms with E-state index in [4.69, 9.17) is 9.47 Å². The molecule has 1 N–H and O–H groups in total. The minimum Gasteiger partial charge on any atom is -0.497 e. The molecular formula is C25H42N2O3. The first-order valence-electron chi connectivity index (χ1n) is 11.7. The summed E-state index contributed by atoms with van der Waals surface area (Å²) in [5.41, 5.74) is 0.999. The number of methoxy groups -OCH3 is 1. The van der Waals surface area contributed by atoms with Crippen LogP contribution >= 0.6 is 0 Å². The Bertz CT molecular complexity index is 631.